The maximum Gasteiger partial charge on any atom is 0.271 e. The molecule has 0 saturated heterocycles. The number of carbonyl (C=O) groups is 1. The van der Waals surface area contributed by atoms with Gasteiger partial charge in [0.25, 0.3) is 5.91 Å². The van der Waals surface area contributed by atoms with E-state index in [1.165, 1.54) is 12.4 Å². The van der Waals surface area contributed by atoms with E-state index in [-0.39, 0.29) is 5.91 Å². The van der Waals surface area contributed by atoms with Gasteiger partial charge in [-0.25, -0.2) is 15.0 Å². The van der Waals surface area contributed by atoms with Crippen LogP contribution in [0.5, 0.6) is 0 Å². The first-order chi connectivity index (χ1) is 8.79. The van der Waals surface area contributed by atoms with E-state index in [4.69, 9.17) is 0 Å². The number of anilines is 1. The summed E-state index contributed by atoms with van der Waals surface area (Å²) in [6, 6.07) is 0. The van der Waals surface area contributed by atoms with Crippen LogP contribution in [-0.2, 0) is 6.54 Å². The Kier molecular flexibility index (Phi) is 3.85. The number of hydrogen-bond donors (Lipinski definition) is 2. The highest BCUT2D eigenvalue weighted by atomic mass is 16.1. The Balaban J connectivity index is 1.83. The fraction of sp³-hybridized carbons (Fsp3) is 0.273. The molecule has 18 heavy (non-hydrogen) atoms. The van der Waals surface area contributed by atoms with Crippen LogP contribution in [0.1, 0.15) is 10.5 Å². The fourth-order valence-electron chi connectivity index (χ4n) is 1.38. The molecule has 2 rings (SSSR count). The number of rotatable bonds is 5. The van der Waals surface area contributed by atoms with Gasteiger partial charge < -0.3 is 15.2 Å². The lowest BCUT2D eigenvalue weighted by atomic mass is 10.4. The van der Waals surface area contributed by atoms with Gasteiger partial charge in [0.2, 0.25) is 0 Å². The van der Waals surface area contributed by atoms with Gasteiger partial charge in [-0.1, -0.05) is 0 Å². The number of amides is 1. The quantitative estimate of drug-likeness (QED) is 0.784. The molecule has 2 aromatic heterocycles. The van der Waals surface area contributed by atoms with Gasteiger partial charge in [0.05, 0.1) is 18.7 Å². The van der Waals surface area contributed by atoms with Crippen molar-refractivity contribution in [3.63, 3.8) is 0 Å². The van der Waals surface area contributed by atoms with Crippen molar-refractivity contribution in [2.24, 2.45) is 0 Å². The van der Waals surface area contributed by atoms with Crippen LogP contribution < -0.4 is 10.6 Å². The number of carbonyl (C=O) groups excluding carboxylic acids is 1. The monoisotopic (exact) mass is 246 g/mol. The summed E-state index contributed by atoms with van der Waals surface area (Å²) >= 11 is 0. The highest BCUT2D eigenvalue weighted by molar-refractivity contribution is 5.91. The Morgan fingerprint density at radius 2 is 2.28 bits per heavy atom. The van der Waals surface area contributed by atoms with Crippen molar-refractivity contribution in [2.75, 3.05) is 18.9 Å². The fourth-order valence-corrected chi connectivity index (χ4v) is 1.38. The third kappa shape index (κ3) is 3.03. The summed E-state index contributed by atoms with van der Waals surface area (Å²) in [6.45, 7) is 1.19. The molecule has 0 radical (unpaired) electrons. The third-order valence-electron chi connectivity index (χ3n) is 2.36. The molecule has 0 aromatic carbocycles. The van der Waals surface area contributed by atoms with E-state index < -0.39 is 0 Å². The summed E-state index contributed by atoms with van der Waals surface area (Å²) in [6.07, 6.45) is 8.20. The van der Waals surface area contributed by atoms with Crippen molar-refractivity contribution in [2.45, 2.75) is 6.54 Å². The maximum absolute atomic E-state index is 11.7. The predicted octanol–water partition coefficient (Wildman–Crippen LogP) is 0.145. The molecule has 0 bridgehead atoms. The van der Waals surface area contributed by atoms with Crippen LogP contribution in [0.4, 0.5) is 5.82 Å². The number of imidazole rings is 1. The van der Waals surface area contributed by atoms with Crippen LogP contribution in [0.2, 0.25) is 0 Å². The molecule has 2 heterocycles. The van der Waals surface area contributed by atoms with E-state index in [9.17, 15) is 4.79 Å². The number of nitrogens with one attached hydrogen (secondary N) is 2. The molecule has 0 spiro atoms. The molecule has 7 nitrogen and oxygen atoms in total. The van der Waals surface area contributed by atoms with E-state index in [0.717, 1.165) is 0 Å². The minimum atomic E-state index is -0.231. The maximum atomic E-state index is 11.7. The normalized spacial score (nSPS) is 10.1. The van der Waals surface area contributed by atoms with Crippen molar-refractivity contribution in [3.8, 4) is 0 Å². The van der Waals surface area contributed by atoms with Crippen LogP contribution in [0.3, 0.4) is 0 Å². The molecule has 0 aliphatic heterocycles. The summed E-state index contributed by atoms with van der Waals surface area (Å²) in [5.74, 6) is 0.398. The molecule has 0 saturated carbocycles. The molecule has 2 aromatic rings. The first-order valence-corrected chi connectivity index (χ1v) is 5.53. The second-order valence-electron chi connectivity index (χ2n) is 3.59. The highest BCUT2D eigenvalue weighted by Gasteiger charge is 2.06. The lowest BCUT2D eigenvalue weighted by molar-refractivity contribution is 0.0947. The third-order valence-corrected chi connectivity index (χ3v) is 2.36. The molecule has 0 aliphatic carbocycles. The number of aromatic nitrogens is 4. The first kappa shape index (κ1) is 12.0. The van der Waals surface area contributed by atoms with Crippen LogP contribution in [0.15, 0.2) is 31.1 Å². The second-order valence-corrected chi connectivity index (χ2v) is 3.59. The van der Waals surface area contributed by atoms with Gasteiger partial charge in [-0.05, 0) is 0 Å². The van der Waals surface area contributed by atoms with Gasteiger partial charge in [0.1, 0.15) is 11.5 Å². The van der Waals surface area contributed by atoms with E-state index in [1.807, 2.05) is 10.8 Å². The average Bonchev–Trinajstić information content (AvgIpc) is 2.92. The van der Waals surface area contributed by atoms with Crippen LogP contribution in [0.25, 0.3) is 0 Å². The van der Waals surface area contributed by atoms with Crippen molar-refractivity contribution in [3.05, 3.63) is 36.8 Å². The summed E-state index contributed by atoms with van der Waals surface area (Å²) < 4.78 is 1.88. The Labute approximate surface area is 104 Å². The van der Waals surface area contributed by atoms with Gasteiger partial charge in [-0.3, -0.25) is 4.79 Å². The SMILES string of the molecule is CNc1cnc(C(=O)NCCn2ccnc2)cn1. The Morgan fingerprint density at radius 3 is 2.89 bits per heavy atom. The Bertz CT molecular complexity index is 493. The van der Waals surface area contributed by atoms with Gasteiger partial charge in [0.15, 0.2) is 0 Å². The van der Waals surface area contributed by atoms with Crippen molar-refractivity contribution >= 4 is 11.7 Å². The smallest absolute Gasteiger partial charge is 0.271 e. The van der Waals surface area contributed by atoms with E-state index in [1.54, 1.807) is 19.6 Å². The second kappa shape index (κ2) is 5.76. The molecule has 1 amide bonds. The van der Waals surface area contributed by atoms with Crippen LogP contribution in [-0.4, -0.2) is 39.0 Å². The molecular weight excluding hydrogens is 232 g/mol. The molecule has 2 N–H and O–H groups in total. The first-order valence-electron chi connectivity index (χ1n) is 5.53. The zero-order chi connectivity index (χ0) is 12.8. The number of hydrogen-bond acceptors (Lipinski definition) is 5. The lowest BCUT2D eigenvalue weighted by Gasteiger charge is -2.05. The molecule has 0 atom stereocenters. The predicted molar refractivity (Wildman–Crippen MR) is 66.1 cm³/mol. The van der Waals surface area contributed by atoms with Gasteiger partial charge in [-0.15, -0.1) is 0 Å². The molecule has 94 valence electrons. The molecule has 0 fully saturated rings. The molecule has 0 aliphatic rings. The van der Waals surface area contributed by atoms with E-state index in [2.05, 4.69) is 25.6 Å². The Morgan fingerprint density at radius 1 is 1.39 bits per heavy atom. The zero-order valence-corrected chi connectivity index (χ0v) is 10.00. The van der Waals surface area contributed by atoms with Gasteiger partial charge in [0, 0.05) is 32.5 Å². The van der Waals surface area contributed by atoms with Crippen LogP contribution >= 0.6 is 0 Å². The number of nitrogens with zero attached hydrogens (tertiary/aromatic N) is 4. The summed E-state index contributed by atoms with van der Waals surface area (Å²) in [5.41, 5.74) is 0.305. The summed E-state index contributed by atoms with van der Waals surface area (Å²) in [5, 5.41) is 5.60. The van der Waals surface area contributed by atoms with E-state index in [0.29, 0.717) is 24.6 Å². The lowest BCUT2D eigenvalue weighted by Crippen LogP contribution is -2.27. The highest BCUT2D eigenvalue weighted by Crippen LogP contribution is 1.99. The minimum absolute atomic E-state index is 0.231. The van der Waals surface area contributed by atoms with Gasteiger partial charge in [-0.2, -0.15) is 0 Å². The standard InChI is InChI=1S/C11H14N6O/c1-12-10-7-15-9(6-16-10)11(18)14-3-5-17-4-2-13-8-17/h2,4,6-8H,3,5H2,1H3,(H,12,16)(H,14,18). The summed E-state index contributed by atoms with van der Waals surface area (Å²) in [7, 11) is 1.74. The molecule has 7 heteroatoms. The van der Waals surface area contributed by atoms with Crippen molar-refractivity contribution in [1.82, 2.24) is 24.8 Å². The van der Waals surface area contributed by atoms with E-state index >= 15 is 0 Å². The average molecular weight is 246 g/mol. The minimum Gasteiger partial charge on any atom is -0.372 e. The zero-order valence-electron chi connectivity index (χ0n) is 10.00. The molecular formula is C11H14N6O. The van der Waals surface area contributed by atoms with Crippen LogP contribution in [0, 0.1) is 0 Å². The van der Waals surface area contributed by atoms with Crippen molar-refractivity contribution < 1.29 is 4.79 Å². The summed E-state index contributed by atoms with van der Waals surface area (Å²) in [4.78, 5) is 23.7. The largest absolute Gasteiger partial charge is 0.372 e. The molecule has 0 unspecified atom stereocenters. The topological polar surface area (TPSA) is 84.7 Å². The van der Waals surface area contributed by atoms with Gasteiger partial charge >= 0.3 is 0 Å². The van der Waals surface area contributed by atoms with Crippen molar-refractivity contribution in [1.29, 1.82) is 0 Å². The Hall–Kier alpha value is -2.44.